The van der Waals surface area contributed by atoms with Gasteiger partial charge in [0.2, 0.25) is 0 Å². The molecular weight excluding hydrogens is 348 g/mol. The molecule has 4 rings (SSSR count). The van der Waals surface area contributed by atoms with Gasteiger partial charge in [0.25, 0.3) is 0 Å². The molecule has 0 aliphatic heterocycles. The highest BCUT2D eigenvalue weighted by Gasteiger charge is 2.32. The summed E-state index contributed by atoms with van der Waals surface area (Å²) in [4.78, 5) is 0. The highest BCUT2D eigenvalue weighted by Crippen LogP contribution is 2.46. The van der Waals surface area contributed by atoms with Crippen molar-refractivity contribution in [2.45, 2.75) is 46.0 Å². The first-order valence-corrected chi connectivity index (χ1v) is 9.22. The molecule has 0 saturated heterocycles. The fourth-order valence-corrected chi connectivity index (χ4v) is 4.56. The van der Waals surface area contributed by atoms with Gasteiger partial charge in [0.05, 0.1) is 0 Å². The first-order valence-electron chi connectivity index (χ1n) is 8.42. The minimum Gasteiger partial charge on any atom is -0.508 e. The molecule has 1 N–H and O–H groups in total. The van der Waals surface area contributed by atoms with Gasteiger partial charge < -0.3 is 5.11 Å². The molecule has 3 aliphatic rings. The van der Waals surface area contributed by atoms with Crippen molar-refractivity contribution in [3.05, 3.63) is 52.5 Å². The maximum absolute atomic E-state index is 9.31. The lowest BCUT2D eigenvalue weighted by Crippen LogP contribution is -2.26. The highest BCUT2D eigenvalue weighted by molar-refractivity contribution is 9.10. The third-order valence-electron chi connectivity index (χ3n) is 4.90. The van der Waals surface area contributed by atoms with Gasteiger partial charge in [0.15, 0.2) is 0 Å². The van der Waals surface area contributed by atoms with Crippen LogP contribution < -0.4 is 0 Å². The number of hydrogen-bond acceptors (Lipinski definition) is 1. The molecule has 2 unspecified atom stereocenters. The summed E-state index contributed by atoms with van der Waals surface area (Å²) in [5.74, 6) is 1.84. The van der Waals surface area contributed by atoms with Gasteiger partial charge in [-0.15, -0.1) is 0 Å². The molecule has 0 bridgehead atoms. The van der Waals surface area contributed by atoms with E-state index in [0.29, 0.717) is 17.1 Å². The van der Waals surface area contributed by atoms with Crippen LogP contribution >= 0.6 is 15.9 Å². The Bertz CT molecular complexity index is 667. The number of halogens is 1. The first kappa shape index (κ1) is 16.6. The highest BCUT2D eigenvalue weighted by atomic mass is 79.9. The summed E-state index contributed by atoms with van der Waals surface area (Å²) in [6.07, 6.45) is 3.89. The number of phenols is 1. The fourth-order valence-electron chi connectivity index (χ4n) is 4.07. The molecule has 1 aromatic carbocycles. The van der Waals surface area contributed by atoms with Gasteiger partial charge in [-0.25, -0.2) is 0 Å². The zero-order chi connectivity index (χ0) is 16.6. The Hall–Kier alpha value is -1.28. The predicted molar refractivity (Wildman–Crippen MR) is 101 cm³/mol. The van der Waals surface area contributed by atoms with Crippen LogP contribution in [0.3, 0.4) is 0 Å². The van der Waals surface area contributed by atoms with Gasteiger partial charge in [0, 0.05) is 4.47 Å². The minimum atomic E-state index is 0.367. The number of benzene rings is 2. The Balaban J connectivity index is 0.000000183. The second-order valence-electron chi connectivity index (χ2n) is 7.93. The van der Waals surface area contributed by atoms with Crippen molar-refractivity contribution in [1.82, 2.24) is 0 Å². The van der Waals surface area contributed by atoms with Crippen molar-refractivity contribution in [2.24, 2.45) is 11.3 Å². The lowest BCUT2D eigenvalue weighted by atomic mass is 9.66. The second-order valence-corrected chi connectivity index (χ2v) is 8.85. The van der Waals surface area contributed by atoms with Crippen LogP contribution in [-0.4, -0.2) is 5.11 Å². The van der Waals surface area contributed by atoms with E-state index in [1.807, 2.05) is 12.1 Å². The monoisotopic (exact) mass is 372 g/mol. The number of hydrogen-bond donors (Lipinski definition) is 1. The lowest BCUT2D eigenvalue weighted by Gasteiger charge is -2.39. The zero-order valence-corrected chi connectivity index (χ0v) is 15.7. The van der Waals surface area contributed by atoms with E-state index in [1.54, 1.807) is 0 Å². The van der Waals surface area contributed by atoms with Crippen LogP contribution in [0.4, 0.5) is 0 Å². The summed E-state index contributed by atoms with van der Waals surface area (Å²) in [6, 6.07) is 14.2. The summed E-state index contributed by atoms with van der Waals surface area (Å²) in [5, 5.41) is 9.31. The molecule has 1 fully saturated rings. The van der Waals surface area contributed by atoms with E-state index >= 15 is 0 Å². The van der Waals surface area contributed by atoms with Crippen LogP contribution in [-0.2, 0) is 0 Å². The SMILES string of the molecule is Brc1cc2cc-2c1.CC1CC(c2ccc(O)cc2)CC(C)(C)C1. The Labute approximate surface area is 147 Å². The van der Waals surface area contributed by atoms with Gasteiger partial charge >= 0.3 is 0 Å². The zero-order valence-electron chi connectivity index (χ0n) is 14.1. The summed E-state index contributed by atoms with van der Waals surface area (Å²) < 4.78 is 1.21. The Morgan fingerprint density at radius 2 is 1.61 bits per heavy atom. The maximum atomic E-state index is 9.31. The van der Waals surface area contributed by atoms with Gasteiger partial charge in [-0.3, -0.25) is 0 Å². The Kier molecular flexibility index (Phi) is 4.55. The fraction of sp³-hybridized carbons (Fsp3) is 0.429. The van der Waals surface area contributed by atoms with Crippen LogP contribution in [0.15, 0.2) is 46.9 Å². The molecule has 1 nitrogen and oxygen atoms in total. The van der Waals surface area contributed by atoms with Gasteiger partial charge in [-0.2, -0.15) is 0 Å². The van der Waals surface area contributed by atoms with E-state index in [4.69, 9.17) is 0 Å². The number of phenolic OH excluding ortho intramolecular Hbond substituents is 1. The van der Waals surface area contributed by atoms with Crippen molar-refractivity contribution in [1.29, 1.82) is 0 Å². The van der Waals surface area contributed by atoms with Crippen LogP contribution in [0.25, 0.3) is 11.1 Å². The largest absolute Gasteiger partial charge is 0.508 e. The predicted octanol–water partition coefficient (Wildman–Crippen LogP) is 6.75. The quantitative estimate of drug-likeness (QED) is 0.500. The minimum absolute atomic E-state index is 0.367. The first-order chi connectivity index (χ1) is 10.8. The average molecular weight is 373 g/mol. The number of fused-ring (bicyclic) bond motifs is 1. The topological polar surface area (TPSA) is 20.2 Å². The third kappa shape index (κ3) is 4.38. The van der Waals surface area contributed by atoms with Crippen molar-refractivity contribution < 1.29 is 5.11 Å². The Morgan fingerprint density at radius 3 is 2.09 bits per heavy atom. The summed E-state index contributed by atoms with van der Waals surface area (Å²) in [5.41, 5.74) is 4.64. The van der Waals surface area contributed by atoms with E-state index in [9.17, 15) is 5.11 Å². The lowest BCUT2D eigenvalue weighted by molar-refractivity contribution is 0.168. The molecule has 0 spiro atoms. The smallest absolute Gasteiger partial charge is 0.115 e. The van der Waals surface area contributed by atoms with Crippen molar-refractivity contribution in [2.75, 3.05) is 0 Å². The van der Waals surface area contributed by atoms with Crippen LogP contribution in [0, 0.1) is 11.3 Å². The maximum Gasteiger partial charge on any atom is 0.115 e. The normalized spacial score (nSPS) is 23.7. The molecule has 0 aromatic heterocycles. The van der Waals surface area contributed by atoms with E-state index in [0.717, 1.165) is 5.92 Å². The molecule has 0 amide bonds. The summed E-state index contributed by atoms with van der Waals surface area (Å²) >= 11 is 3.35. The average Bonchev–Trinajstić information content (AvgIpc) is 3.05. The molecular formula is C21H25BrO. The molecule has 0 heterocycles. The van der Waals surface area contributed by atoms with E-state index in [-0.39, 0.29) is 0 Å². The van der Waals surface area contributed by atoms with Gasteiger partial charge in [-0.1, -0.05) is 48.8 Å². The van der Waals surface area contributed by atoms with Gasteiger partial charge in [0.1, 0.15) is 5.75 Å². The molecule has 2 heteroatoms. The van der Waals surface area contributed by atoms with E-state index in [1.165, 1.54) is 40.4 Å². The Morgan fingerprint density at radius 1 is 1.00 bits per heavy atom. The molecule has 0 radical (unpaired) electrons. The second kappa shape index (κ2) is 6.32. The van der Waals surface area contributed by atoms with E-state index in [2.05, 4.69) is 67.0 Å². The van der Waals surface area contributed by atoms with Gasteiger partial charge in [-0.05, 0) is 83.5 Å². The molecule has 1 saturated carbocycles. The molecule has 3 aliphatic carbocycles. The van der Waals surface area contributed by atoms with Crippen LogP contribution in [0.5, 0.6) is 5.75 Å². The summed E-state index contributed by atoms with van der Waals surface area (Å²) in [6.45, 7) is 7.10. The number of aromatic hydroxyl groups is 1. The van der Waals surface area contributed by atoms with Crippen molar-refractivity contribution >= 4 is 15.9 Å². The third-order valence-corrected chi connectivity index (χ3v) is 5.36. The van der Waals surface area contributed by atoms with Crippen molar-refractivity contribution in [3.8, 4) is 16.9 Å². The number of rotatable bonds is 1. The van der Waals surface area contributed by atoms with Crippen molar-refractivity contribution in [3.63, 3.8) is 0 Å². The molecule has 122 valence electrons. The van der Waals surface area contributed by atoms with Crippen LogP contribution in [0.1, 0.15) is 51.5 Å². The standard InChI is InChI=1S/C15H22O.C6H3Br/c1-11-8-13(10-15(2,3)9-11)12-4-6-14(16)7-5-12;7-6-2-4-1-5(4)3-6/h4-7,11,13,16H,8-10H2,1-3H3;1-3H. The van der Waals surface area contributed by atoms with Crippen LogP contribution in [0.2, 0.25) is 0 Å². The molecule has 1 aromatic rings. The van der Waals surface area contributed by atoms with E-state index < -0.39 is 0 Å². The molecule has 23 heavy (non-hydrogen) atoms. The summed E-state index contributed by atoms with van der Waals surface area (Å²) in [7, 11) is 0. The molecule has 2 atom stereocenters.